The van der Waals surface area contributed by atoms with Gasteiger partial charge < -0.3 is 14.7 Å². The summed E-state index contributed by atoms with van der Waals surface area (Å²) in [7, 11) is 3.38. The standard InChI is InChI=1S/C11H21NO3/c1-12(7-3-4-11(14)15-2)8-10(13)9-5-6-9/h9-10,13H,3-8H2,1-2H3. The normalized spacial score (nSPS) is 17.9. The third kappa shape index (κ3) is 5.14. The summed E-state index contributed by atoms with van der Waals surface area (Å²) in [5.41, 5.74) is 0. The van der Waals surface area contributed by atoms with E-state index in [1.807, 2.05) is 7.05 Å². The fourth-order valence-electron chi connectivity index (χ4n) is 1.64. The van der Waals surface area contributed by atoms with Gasteiger partial charge in [-0.25, -0.2) is 0 Å². The number of carbonyl (C=O) groups excluding carboxylic acids is 1. The van der Waals surface area contributed by atoms with Crippen LogP contribution in [0.3, 0.4) is 0 Å². The van der Waals surface area contributed by atoms with Gasteiger partial charge in [0.15, 0.2) is 0 Å². The lowest BCUT2D eigenvalue weighted by molar-refractivity contribution is -0.140. The summed E-state index contributed by atoms with van der Waals surface area (Å²) in [5, 5.41) is 9.68. The third-order valence-electron chi connectivity index (χ3n) is 2.81. The summed E-state index contributed by atoms with van der Waals surface area (Å²) in [4.78, 5) is 12.9. The molecular formula is C11H21NO3. The van der Waals surface area contributed by atoms with E-state index in [2.05, 4.69) is 9.64 Å². The van der Waals surface area contributed by atoms with Crippen LogP contribution in [0.5, 0.6) is 0 Å². The Bertz CT molecular complexity index is 204. The lowest BCUT2D eigenvalue weighted by Crippen LogP contribution is -2.31. The van der Waals surface area contributed by atoms with E-state index in [1.54, 1.807) is 0 Å². The maximum absolute atomic E-state index is 10.8. The van der Waals surface area contributed by atoms with Gasteiger partial charge in [0.1, 0.15) is 0 Å². The summed E-state index contributed by atoms with van der Waals surface area (Å²) in [6.45, 7) is 1.55. The van der Waals surface area contributed by atoms with Gasteiger partial charge in [-0.1, -0.05) is 0 Å². The van der Waals surface area contributed by atoms with Crippen molar-refractivity contribution < 1.29 is 14.6 Å². The largest absolute Gasteiger partial charge is 0.469 e. The second-order valence-electron chi connectivity index (χ2n) is 4.35. The molecule has 0 aromatic carbocycles. The van der Waals surface area contributed by atoms with E-state index >= 15 is 0 Å². The Balaban J connectivity index is 2.02. The molecule has 0 spiro atoms. The predicted molar refractivity (Wildman–Crippen MR) is 57.5 cm³/mol. The Kier molecular flexibility index (Phi) is 5.05. The molecule has 1 N–H and O–H groups in total. The van der Waals surface area contributed by atoms with E-state index in [0.717, 1.165) is 25.8 Å². The summed E-state index contributed by atoms with van der Waals surface area (Å²) >= 11 is 0. The molecule has 0 amide bonds. The molecule has 1 aliphatic rings. The third-order valence-corrected chi connectivity index (χ3v) is 2.81. The molecule has 0 radical (unpaired) electrons. The molecule has 0 saturated heterocycles. The number of aliphatic hydroxyl groups is 1. The van der Waals surface area contributed by atoms with Gasteiger partial charge in [-0.05, 0) is 38.8 Å². The van der Waals surface area contributed by atoms with Gasteiger partial charge in [0, 0.05) is 13.0 Å². The minimum absolute atomic E-state index is 0.161. The van der Waals surface area contributed by atoms with Crippen LogP contribution < -0.4 is 0 Å². The first-order valence-corrected chi connectivity index (χ1v) is 5.57. The molecule has 0 heterocycles. The van der Waals surface area contributed by atoms with Crippen molar-refractivity contribution in [2.24, 2.45) is 5.92 Å². The van der Waals surface area contributed by atoms with Crippen molar-refractivity contribution in [3.63, 3.8) is 0 Å². The quantitative estimate of drug-likeness (QED) is 0.633. The second-order valence-corrected chi connectivity index (χ2v) is 4.35. The molecule has 1 aliphatic carbocycles. The fourth-order valence-corrected chi connectivity index (χ4v) is 1.64. The topological polar surface area (TPSA) is 49.8 Å². The summed E-state index contributed by atoms with van der Waals surface area (Å²) in [6.07, 6.45) is 3.39. The van der Waals surface area contributed by atoms with Crippen LogP contribution in [0.4, 0.5) is 0 Å². The Labute approximate surface area is 91.2 Å². The Morgan fingerprint density at radius 1 is 1.60 bits per heavy atom. The Morgan fingerprint density at radius 3 is 2.80 bits per heavy atom. The predicted octanol–water partition coefficient (Wildman–Crippen LogP) is 0.642. The van der Waals surface area contributed by atoms with Crippen LogP contribution in [0.1, 0.15) is 25.7 Å². The Morgan fingerprint density at radius 2 is 2.27 bits per heavy atom. The molecule has 15 heavy (non-hydrogen) atoms. The Hall–Kier alpha value is -0.610. The van der Waals surface area contributed by atoms with Gasteiger partial charge in [0.05, 0.1) is 13.2 Å². The van der Waals surface area contributed by atoms with E-state index in [9.17, 15) is 9.90 Å². The van der Waals surface area contributed by atoms with Gasteiger partial charge in [-0.2, -0.15) is 0 Å². The smallest absolute Gasteiger partial charge is 0.305 e. The van der Waals surface area contributed by atoms with Gasteiger partial charge >= 0.3 is 5.97 Å². The first-order chi connectivity index (χ1) is 7.13. The number of esters is 1. The number of carbonyl (C=O) groups is 1. The number of ether oxygens (including phenoxy) is 1. The number of methoxy groups -OCH3 is 1. The zero-order valence-electron chi connectivity index (χ0n) is 9.61. The molecule has 88 valence electrons. The van der Waals surface area contributed by atoms with Crippen molar-refractivity contribution in [1.82, 2.24) is 4.90 Å². The van der Waals surface area contributed by atoms with Gasteiger partial charge in [-0.3, -0.25) is 4.79 Å². The summed E-state index contributed by atoms with van der Waals surface area (Å²) in [5.74, 6) is 0.360. The van der Waals surface area contributed by atoms with E-state index in [0.29, 0.717) is 18.9 Å². The molecule has 1 fully saturated rings. The van der Waals surface area contributed by atoms with Crippen molar-refractivity contribution in [1.29, 1.82) is 0 Å². The van der Waals surface area contributed by atoms with E-state index in [4.69, 9.17) is 0 Å². The lowest BCUT2D eigenvalue weighted by Gasteiger charge is -2.19. The molecule has 4 nitrogen and oxygen atoms in total. The number of hydrogen-bond acceptors (Lipinski definition) is 4. The molecule has 0 bridgehead atoms. The average Bonchev–Trinajstić information content (AvgIpc) is 3.00. The monoisotopic (exact) mass is 215 g/mol. The number of nitrogens with zero attached hydrogens (tertiary/aromatic N) is 1. The number of rotatable bonds is 7. The molecule has 4 heteroatoms. The molecule has 1 saturated carbocycles. The van der Waals surface area contributed by atoms with Crippen LogP contribution in [-0.2, 0) is 9.53 Å². The highest BCUT2D eigenvalue weighted by atomic mass is 16.5. The second kappa shape index (κ2) is 6.08. The zero-order valence-corrected chi connectivity index (χ0v) is 9.61. The molecule has 0 aromatic heterocycles. The first kappa shape index (κ1) is 12.5. The molecule has 1 rings (SSSR count). The SMILES string of the molecule is COC(=O)CCCN(C)CC(O)C1CC1. The molecule has 0 aliphatic heterocycles. The van der Waals surface area contributed by atoms with Gasteiger partial charge in [0.2, 0.25) is 0 Å². The van der Waals surface area contributed by atoms with Crippen LogP contribution in [0.2, 0.25) is 0 Å². The summed E-state index contributed by atoms with van der Waals surface area (Å²) < 4.78 is 4.55. The highest BCUT2D eigenvalue weighted by molar-refractivity contribution is 5.69. The minimum Gasteiger partial charge on any atom is -0.469 e. The van der Waals surface area contributed by atoms with E-state index in [1.165, 1.54) is 7.11 Å². The number of aliphatic hydroxyl groups excluding tert-OH is 1. The molecular weight excluding hydrogens is 194 g/mol. The van der Waals surface area contributed by atoms with Crippen LogP contribution in [0.15, 0.2) is 0 Å². The van der Waals surface area contributed by atoms with Crippen molar-refractivity contribution in [3.05, 3.63) is 0 Å². The van der Waals surface area contributed by atoms with Crippen LogP contribution in [-0.4, -0.2) is 49.3 Å². The zero-order chi connectivity index (χ0) is 11.3. The highest BCUT2D eigenvalue weighted by Crippen LogP contribution is 2.32. The highest BCUT2D eigenvalue weighted by Gasteiger charge is 2.30. The van der Waals surface area contributed by atoms with Crippen LogP contribution >= 0.6 is 0 Å². The van der Waals surface area contributed by atoms with Crippen molar-refractivity contribution in [2.45, 2.75) is 31.8 Å². The average molecular weight is 215 g/mol. The first-order valence-electron chi connectivity index (χ1n) is 5.57. The molecule has 0 aromatic rings. The maximum atomic E-state index is 10.8. The maximum Gasteiger partial charge on any atom is 0.305 e. The minimum atomic E-state index is -0.187. The van der Waals surface area contributed by atoms with Crippen molar-refractivity contribution in [3.8, 4) is 0 Å². The van der Waals surface area contributed by atoms with E-state index < -0.39 is 0 Å². The molecule has 1 atom stereocenters. The summed E-state index contributed by atoms with van der Waals surface area (Å²) in [6, 6.07) is 0. The van der Waals surface area contributed by atoms with Crippen molar-refractivity contribution in [2.75, 3.05) is 27.2 Å². The van der Waals surface area contributed by atoms with Gasteiger partial charge in [-0.15, -0.1) is 0 Å². The lowest BCUT2D eigenvalue weighted by atomic mass is 10.2. The van der Waals surface area contributed by atoms with Crippen molar-refractivity contribution >= 4 is 5.97 Å². The van der Waals surface area contributed by atoms with Crippen LogP contribution in [0.25, 0.3) is 0 Å². The number of hydrogen-bond donors (Lipinski definition) is 1. The number of likely N-dealkylation sites (N-methyl/N-ethyl adjacent to an activating group) is 1. The van der Waals surface area contributed by atoms with Gasteiger partial charge in [0.25, 0.3) is 0 Å². The fraction of sp³-hybridized carbons (Fsp3) is 0.909. The van der Waals surface area contributed by atoms with Crippen LogP contribution in [0, 0.1) is 5.92 Å². The van der Waals surface area contributed by atoms with E-state index in [-0.39, 0.29) is 12.1 Å². The molecule has 1 unspecified atom stereocenters.